The van der Waals surface area contributed by atoms with E-state index in [2.05, 4.69) is 51.6 Å². The van der Waals surface area contributed by atoms with Crippen LogP contribution in [0.25, 0.3) is 5.52 Å². The monoisotopic (exact) mass is 244 g/mol. The Morgan fingerprint density at radius 3 is 2.72 bits per heavy atom. The number of hydrogen-bond acceptors (Lipinski definition) is 3. The molecule has 3 heterocycles. The fourth-order valence-electron chi connectivity index (χ4n) is 2.60. The lowest BCUT2D eigenvalue weighted by Crippen LogP contribution is -2.44. The Morgan fingerprint density at radius 1 is 1.22 bits per heavy atom. The Labute approximate surface area is 108 Å². The van der Waals surface area contributed by atoms with Crippen LogP contribution in [-0.4, -0.2) is 35.6 Å². The van der Waals surface area contributed by atoms with E-state index >= 15 is 0 Å². The first-order valence-corrected chi connectivity index (χ1v) is 6.69. The van der Waals surface area contributed by atoms with Gasteiger partial charge >= 0.3 is 0 Å². The van der Waals surface area contributed by atoms with Crippen molar-refractivity contribution in [2.45, 2.75) is 19.8 Å². The molecule has 0 spiro atoms. The van der Waals surface area contributed by atoms with Crippen LogP contribution in [0.5, 0.6) is 0 Å². The molecule has 2 aromatic heterocycles. The second-order valence-corrected chi connectivity index (χ2v) is 5.15. The number of imidazole rings is 1. The third-order valence-electron chi connectivity index (χ3n) is 3.52. The quantitative estimate of drug-likeness (QED) is 0.875. The van der Waals surface area contributed by atoms with Gasteiger partial charge in [0.15, 0.2) is 0 Å². The number of fused-ring (bicyclic) bond motifs is 1. The van der Waals surface area contributed by atoms with E-state index in [1.54, 1.807) is 0 Å². The van der Waals surface area contributed by atoms with Gasteiger partial charge in [-0.25, -0.2) is 4.98 Å². The van der Waals surface area contributed by atoms with Gasteiger partial charge in [-0.3, -0.25) is 4.40 Å². The fourth-order valence-corrected chi connectivity index (χ4v) is 2.60. The number of rotatable bonds is 2. The average molecular weight is 244 g/mol. The zero-order valence-electron chi connectivity index (χ0n) is 11.1. The molecular formula is C14H20N4. The Bertz CT molecular complexity index is 538. The minimum absolute atomic E-state index is 0.441. The molecule has 1 aliphatic rings. The average Bonchev–Trinajstić information content (AvgIpc) is 2.83. The Morgan fingerprint density at radius 2 is 2.00 bits per heavy atom. The molecule has 96 valence electrons. The molecule has 1 saturated heterocycles. The van der Waals surface area contributed by atoms with Gasteiger partial charge in [-0.15, -0.1) is 0 Å². The topological polar surface area (TPSA) is 32.6 Å². The molecule has 0 amide bonds. The van der Waals surface area contributed by atoms with Crippen molar-refractivity contribution in [1.29, 1.82) is 0 Å². The molecule has 18 heavy (non-hydrogen) atoms. The van der Waals surface area contributed by atoms with Crippen LogP contribution in [0, 0.1) is 0 Å². The predicted octanol–water partition coefficient (Wildman–Crippen LogP) is 1.87. The minimum atomic E-state index is 0.441. The fraction of sp³-hybridized carbons (Fsp3) is 0.500. The summed E-state index contributed by atoms with van der Waals surface area (Å²) >= 11 is 0. The maximum Gasteiger partial charge on any atom is 0.117 e. The molecule has 4 nitrogen and oxygen atoms in total. The zero-order valence-corrected chi connectivity index (χ0v) is 11.1. The van der Waals surface area contributed by atoms with E-state index in [-0.39, 0.29) is 0 Å². The van der Waals surface area contributed by atoms with Crippen molar-refractivity contribution >= 4 is 11.3 Å². The Hall–Kier alpha value is -1.55. The normalized spacial score (nSPS) is 16.7. The lowest BCUT2D eigenvalue weighted by Gasteiger charge is -2.30. The summed E-state index contributed by atoms with van der Waals surface area (Å²) in [6.07, 6.45) is 1.97. The molecule has 0 radical (unpaired) electrons. The number of nitrogens with zero attached hydrogens (tertiary/aromatic N) is 3. The summed E-state index contributed by atoms with van der Waals surface area (Å²) in [5, 5.41) is 3.40. The van der Waals surface area contributed by atoms with Gasteiger partial charge in [-0.05, 0) is 12.1 Å². The van der Waals surface area contributed by atoms with Gasteiger partial charge in [0.05, 0.1) is 11.7 Å². The number of nitrogens with one attached hydrogen (secondary N) is 1. The highest BCUT2D eigenvalue weighted by Crippen LogP contribution is 2.23. The number of aromatic nitrogens is 2. The van der Waals surface area contributed by atoms with E-state index in [0.29, 0.717) is 5.92 Å². The molecule has 0 unspecified atom stereocenters. The molecule has 0 aliphatic carbocycles. The number of piperazine rings is 1. The minimum Gasteiger partial charge on any atom is -0.355 e. The third-order valence-corrected chi connectivity index (χ3v) is 3.52. The molecule has 0 atom stereocenters. The van der Waals surface area contributed by atoms with Crippen LogP contribution in [-0.2, 0) is 0 Å². The van der Waals surface area contributed by atoms with Gasteiger partial charge in [0.25, 0.3) is 0 Å². The predicted molar refractivity (Wildman–Crippen MR) is 74.4 cm³/mol. The van der Waals surface area contributed by atoms with Gasteiger partial charge in [0.1, 0.15) is 11.6 Å². The van der Waals surface area contributed by atoms with Crippen molar-refractivity contribution in [2.24, 2.45) is 0 Å². The van der Waals surface area contributed by atoms with E-state index in [4.69, 9.17) is 0 Å². The number of anilines is 1. The van der Waals surface area contributed by atoms with Crippen molar-refractivity contribution in [3.05, 3.63) is 30.2 Å². The summed E-state index contributed by atoms with van der Waals surface area (Å²) in [6.45, 7) is 8.64. The second-order valence-electron chi connectivity index (χ2n) is 5.15. The summed E-state index contributed by atoms with van der Waals surface area (Å²) in [7, 11) is 0. The summed E-state index contributed by atoms with van der Waals surface area (Å²) in [6, 6.07) is 6.45. The summed E-state index contributed by atoms with van der Waals surface area (Å²) in [5.74, 6) is 2.87. The van der Waals surface area contributed by atoms with Crippen LogP contribution in [0.3, 0.4) is 0 Å². The van der Waals surface area contributed by atoms with Crippen molar-refractivity contribution in [3.8, 4) is 0 Å². The molecule has 3 rings (SSSR count). The van der Waals surface area contributed by atoms with Gasteiger partial charge in [0, 0.05) is 32.1 Å². The summed E-state index contributed by atoms with van der Waals surface area (Å²) < 4.78 is 2.30. The van der Waals surface area contributed by atoms with Crippen LogP contribution >= 0.6 is 0 Å². The van der Waals surface area contributed by atoms with E-state index in [9.17, 15) is 0 Å². The van der Waals surface area contributed by atoms with Crippen LogP contribution < -0.4 is 10.2 Å². The highest BCUT2D eigenvalue weighted by Gasteiger charge is 2.16. The number of hydrogen-bond donors (Lipinski definition) is 1. The lowest BCUT2D eigenvalue weighted by molar-refractivity contribution is 0.581. The molecular weight excluding hydrogens is 224 g/mol. The van der Waals surface area contributed by atoms with E-state index < -0.39 is 0 Å². The van der Waals surface area contributed by atoms with Crippen LogP contribution in [0.1, 0.15) is 25.6 Å². The molecule has 1 aliphatic heterocycles. The summed E-state index contributed by atoms with van der Waals surface area (Å²) in [4.78, 5) is 7.01. The largest absolute Gasteiger partial charge is 0.355 e. The molecule has 1 fully saturated rings. The molecule has 1 N–H and O–H groups in total. The third kappa shape index (κ3) is 1.86. The zero-order chi connectivity index (χ0) is 12.5. The van der Waals surface area contributed by atoms with E-state index in [0.717, 1.165) is 32.0 Å². The molecule has 2 aromatic rings. The smallest absolute Gasteiger partial charge is 0.117 e. The van der Waals surface area contributed by atoms with Crippen molar-refractivity contribution in [3.63, 3.8) is 0 Å². The van der Waals surface area contributed by atoms with Gasteiger partial charge in [0.2, 0.25) is 0 Å². The molecule has 4 heteroatoms. The van der Waals surface area contributed by atoms with Crippen LogP contribution in [0.4, 0.5) is 5.82 Å². The second kappa shape index (κ2) is 4.61. The van der Waals surface area contributed by atoms with E-state index in [1.807, 2.05) is 6.20 Å². The van der Waals surface area contributed by atoms with Gasteiger partial charge in [-0.2, -0.15) is 0 Å². The molecule has 0 saturated carbocycles. The van der Waals surface area contributed by atoms with Crippen molar-refractivity contribution < 1.29 is 0 Å². The molecule has 0 bridgehead atoms. The first kappa shape index (κ1) is 11.5. The highest BCUT2D eigenvalue weighted by molar-refractivity contribution is 5.56. The van der Waals surface area contributed by atoms with Crippen molar-refractivity contribution in [2.75, 3.05) is 31.1 Å². The van der Waals surface area contributed by atoms with Crippen LogP contribution in [0.15, 0.2) is 24.4 Å². The van der Waals surface area contributed by atoms with Crippen LogP contribution in [0.2, 0.25) is 0 Å². The first-order valence-electron chi connectivity index (χ1n) is 6.69. The molecule has 0 aromatic carbocycles. The lowest BCUT2D eigenvalue weighted by atomic mass is 10.2. The summed E-state index contributed by atoms with van der Waals surface area (Å²) in [5.41, 5.74) is 1.19. The standard InChI is InChI=1S/C14H20N4/c1-11(2)14-16-10-12-4-3-5-13(18(12)14)17-8-6-15-7-9-17/h3-5,10-11,15H,6-9H2,1-2H3. The van der Waals surface area contributed by atoms with E-state index in [1.165, 1.54) is 11.3 Å². The van der Waals surface area contributed by atoms with Crippen molar-refractivity contribution in [1.82, 2.24) is 14.7 Å². The Balaban J connectivity index is 2.12. The maximum absolute atomic E-state index is 4.57. The Kier molecular flexibility index (Phi) is 2.96. The van der Waals surface area contributed by atoms with Gasteiger partial charge < -0.3 is 10.2 Å². The highest BCUT2D eigenvalue weighted by atomic mass is 15.3. The SMILES string of the molecule is CC(C)c1ncc2cccc(N3CCNCC3)n12. The first-order chi connectivity index (χ1) is 8.77. The number of pyridine rings is 1. The van der Waals surface area contributed by atoms with Gasteiger partial charge in [-0.1, -0.05) is 19.9 Å². The maximum atomic E-state index is 4.57.